The van der Waals surface area contributed by atoms with Crippen molar-refractivity contribution in [1.82, 2.24) is 19.9 Å². The van der Waals surface area contributed by atoms with Gasteiger partial charge in [-0.25, -0.2) is 9.97 Å². The first-order valence-corrected chi connectivity index (χ1v) is 12.7. The predicted octanol–water partition coefficient (Wildman–Crippen LogP) is 5.50. The minimum atomic E-state index is -4.34. The van der Waals surface area contributed by atoms with Crippen LogP contribution in [0.25, 0.3) is 10.2 Å². The summed E-state index contributed by atoms with van der Waals surface area (Å²) in [6.45, 7) is 4.26. The van der Waals surface area contributed by atoms with E-state index in [1.807, 2.05) is 19.2 Å². The van der Waals surface area contributed by atoms with Crippen LogP contribution in [0.15, 0.2) is 40.8 Å². The third-order valence-electron chi connectivity index (χ3n) is 6.33. The first kappa shape index (κ1) is 23.2. The highest BCUT2D eigenvalue weighted by atomic mass is 32.1. The second-order valence-electron chi connectivity index (χ2n) is 8.63. The highest BCUT2D eigenvalue weighted by Crippen LogP contribution is 2.34. The fourth-order valence-electron chi connectivity index (χ4n) is 4.46. The minimum Gasteiger partial charge on any atom is -0.310 e. The molecule has 178 valence electrons. The van der Waals surface area contributed by atoms with Gasteiger partial charge >= 0.3 is 6.18 Å². The van der Waals surface area contributed by atoms with E-state index in [0.717, 1.165) is 51.3 Å². The average Bonchev–Trinajstić information content (AvgIpc) is 3.40. The van der Waals surface area contributed by atoms with Gasteiger partial charge in [-0.15, -0.1) is 22.7 Å². The maximum atomic E-state index is 13.4. The van der Waals surface area contributed by atoms with Gasteiger partial charge in [0.1, 0.15) is 4.83 Å². The number of hydrogen-bond acceptors (Lipinski definition) is 6. The van der Waals surface area contributed by atoms with E-state index in [0.29, 0.717) is 17.5 Å². The monoisotopic (exact) mass is 504 g/mol. The van der Waals surface area contributed by atoms with Crippen molar-refractivity contribution < 1.29 is 13.2 Å². The topological polar surface area (TPSA) is 59.8 Å². The van der Waals surface area contributed by atoms with Crippen LogP contribution in [-0.4, -0.2) is 20.6 Å². The van der Waals surface area contributed by atoms with Crippen LogP contribution in [-0.2, 0) is 25.6 Å². The molecule has 3 heterocycles. The Hall–Kier alpha value is -2.56. The molecule has 0 amide bonds. The number of aryl methyl sites for hydroxylation is 2. The zero-order chi connectivity index (χ0) is 24.0. The van der Waals surface area contributed by atoms with Crippen LogP contribution in [0.3, 0.4) is 0 Å². The molecule has 0 fully saturated rings. The Morgan fingerprint density at radius 2 is 2.15 bits per heavy atom. The molecule has 0 bridgehead atoms. The molecular formula is C24H23F3N4OS2. The van der Waals surface area contributed by atoms with Crippen molar-refractivity contribution in [2.45, 2.75) is 57.9 Å². The number of rotatable bonds is 5. The van der Waals surface area contributed by atoms with Crippen molar-refractivity contribution in [3.8, 4) is 0 Å². The summed E-state index contributed by atoms with van der Waals surface area (Å²) in [7, 11) is 0. The van der Waals surface area contributed by atoms with Gasteiger partial charge in [-0.1, -0.05) is 18.2 Å². The van der Waals surface area contributed by atoms with Crippen molar-refractivity contribution in [1.29, 1.82) is 0 Å². The minimum absolute atomic E-state index is 0.0453. The molecule has 2 atom stereocenters. The SMILES string of the molecule is Cc1nc([C@H](C)n2cnc3sc4c(c3c2=O)CC[C@@H](NCc2cccc(C(F)(F)F)c2)C4)cs1. The van der Waals surface area contributed by atoms with Gasteiger partial charge in [-0.3, -0.25) is 9.36 Å². The van der Waals surface area contributed by atoms with Crippen LogP contribution in [0, 0.1) is 6.92 Å². The summed E-state index contributed by atoms with van der Waals surface area (Å²) in [6.07, 6.45) is -0.457. The van der Waals surface area contributed by atoms with Gasteiger partial charge in [-0.2, -0.15) is 13.2 Å². The van der Waals surface area contributed by atoms with E-state index < -0.39 is 11.7 Å². The molecule has 3 aromatic heterocycles. The maximum Gasteiger partial charge on any atom is 0.416 e. The van der Waals surface area contributed by atoms with Gasteiger partial charge in [0.05, 0.1) is 34.0 Å². The molecule has 0 spiro atoms. The maximum absolute atomic E-state index is 13.4. The third-order valence-corrected chi connectivity index (χ3v) is 8.28. The van der Waals surface area contributed by atoms with E-state index in [2.05, 4.69) is 15.3 Å². The zero-order valence-electron chi connectivity index (χ0n) is 18.6. The predicted molar refractivity (Wildman–Crippen MR) is 129 cm³/mol. The van der Waals surface area contributed by atoms with Crippen LogP contribution < -0.4 is 10.9 Å². The summed E-state index contributed by atoms with van der Waals surface area (Å²) in [5.41, 5.74) is 1.84. The van der Waals surface area contributed by atoms with Gasteiger partial charge in [0, 0.05) is 22.8 Å². The second kappa shape index (κ2) is 8.90. The Bertz CT molecular complexity index is 1410. The zero-order valence-corrected chi connectivity index (χ0v) is 20.3. The van der Waals surface area contributed by atoms with Gasteiger partial charge in [0.2, 0.25) is 0 Å². The number of nitrogens with one attached hydrogen (secondary N) is 1. The van der Waals surface area contributed by atoms with Gasteiger partial charge in [0.25, 0.3) is 5.56 Å². The largest absolute Gasteiger partial charge is 0.416 e. The molecule has 1 aromatic carbocycles. The fourth-order valence-corrected chi connectivity index (χ4v) is 6.42. The van der Waals surface area contributed by atoms with Crippen LogP contribution in [0.4, 0.5) is 13.2 Å². The van der Waals surface area contributed by atoms with E-state index >= 15 is 0 Å². The first-order chi connectivity index (χ1) is 16.2. The number of nitrogens with zero attached hydrogens (tertiary/aromatic N) is 3. The summed E-state index contributed by atoms with van der Waals surface area (Å²) in [4.78, 5) is 24.4. The lowest BCUT2D eigenvalue weighted by atomic mass is 9.93. The number of thiophene rings is 1. The van der Waals surface area contributed by atoms with Crippen LogP contribution >= 0.6 is 22.7 Å². The summed E-state index contributed by atoms with van der Waals surface area (Å²) in [5.74, 6) is 0. The number of alkyl halides is 3. The van der Waals surface area contributed by atoms with Crippen molar-refractivity contribution in [3.63, 3.8) is 0 Å². The summed E-state index contributed by atoms with van der Waals surface area (Å²) >= 11 is 3.10. The van der Waals surface area contributed by atoms with Crippen molar-refractivity contribution in [3.05, 3.63) is 78.6 Å². The number of aromatic nitrogens is 3. The highest BCUT2D eigenvalue weighted by molar-refractivity contribution is 7.18. The van der Waals surface area contributed by atoms with Crippen molar-refractivity contribution >= 4 is 32.9 Å². The fraction of sp³-hybridized carbons (Fsp3) is 0.375. The van der Waals surface area contributed by atoms with E-state index in [4.69, 9.17) is 0 Å². The lowest BCUT2D eigenvalue weighted by molar-refractivity contribution is -0.137. The standard InChI is InChI=1S/C24H23F3N4OS2/c1-13(19-11-33-14(2)30-19)31-12-29-22-21(23(31)32)18-7-6-17(9-20(18)34-22)28-10-15-4-3-5-16(8-15)24(25,26)27/h3-5,8,11-13,17,28H,6-7,9-10H2,1-2H3/t13-,17+/m0/s1. The normalized spacial score (nSPS) is 17.1. The van der Waals surface area contributed by atoms with Crippen LogP contribution in [0.5, 0.6) is 0 Å². The van der Waals surface area contributed by atoms with Crippen molar-refractivity contribution in [2.24, 2.45) is 0 Å². The molecular weight excluding hydrogens is 481 g/mol. The second-order valence-corrected chi connectivity index (χ2v) is 10.8. The Labute approximate surface area is 202 Å². The molecule has 0 saturated carbocycles. The molecule has 34 heavy (non-hydrogen) atoms. The average molecular weight is 505 g/mol. The number of fused-ring (bicyclic) bond motifs is 3. The lowest BCUT2D eigenvalue weighted by Crippen LogP contribution is -2.34. The number of benzene rings is 1. The number of hydrogen-bond donors (Lipinski definition) is 1. The molecule has 1 aliphatic carbocycles. The van der Waals surface area contributed by atoms with Gasteiger partial charge < -0.3 is 5.32 Å². The van der Waals surface area contributed by atoms with E-state index in [-0.39, 0.29) is 17.6 Å². The summed E-state index contributed by atoms with van der Waals surface area (Å²) < 4.78 is 40.6. The van der Waals surface area contributed by atoms with E-state index in [1.165, 1.54) is 23.5 Å². The molecule has 5 nitrogen and oxygen atoms in total. The lowest BCUT2D eigenvalue weighted by Gasteiger charge is -2.23. The first-order valence-electron chi connectivity index (χ1n) is 11.0. The van der Waals surface area contributed by atoms with Gasteiger partial charge in [0.15, 0.2) is 0 Å². The van der Waals surface area contributed by atoms with E-state index in [9.17, 15) is 18.0 Å². The van der Waals surface area contributed by atoms with Crippen LogP contribution in [0.1, 0.15) is 51.7 Å². The number of halogens is 3. The van der Waals surface area contributed by atoms with Crippen LogP contribution in [0.2, 0.25) is 0 Å². The smallest absolute Gasteiger partial charge is 0.310 e. The quantitative estimate of drug-likeness (QED) is 0.390. The summed E-state index contributed by atoms with van der Waals surface area (Å²) in [6, 6.07) is 5.36. The molecule has 0 unspecified atom stereocenters. The molecule has 0 aliphatic heterocycles. The molecule has 4 aromatic rings. The Morgan fingerprint density at radius 3 is 2.88 bits per heavy atom. The Balaban J connectivity index is 1.35. The molecule has 1 N–H and O–H groups in total. The number of thiazole rings is 1. The van der Waals surface area contributed by atoms with Gasteiger partial charge in [-0.05, 0) is 50.3 Å². The highest BCUT2D eigenvalue weighted by Gasteiger charge is 2.30. The molecule has 10 heteroatoms. The Kier molecular flexibility index (Phi) is 6.07. The summed E-state index contributed by atoms with van der Waals surface area (Å²) in [5, 5.41) is 7.02. The van der Waals surface area contributed by atoms with Crippen molar-refractivity contribution in [2.75, 3.05) is 0 Å². The molecule has 0 saturated heterocycles. The molecule has 0 radical (unpaired) electrons. The molecule has 1 aliphatic rings. The molecule has 5 rings (SSSR count). The van der Waals surface area contributed by atoms with E-state index in [1.54, 1.807) is 28.3 Å². The third kappa shape index (κ3) is 4.42. The Morgan fingerprint density at radius 1 is 1.32 bits per heavy atom.